The first-order chi connectivity index (χ1) is 23.0. The van der Waals surface area contributed by atoms with Crippen LogP contribution in [0.5, 0.6) is 0 Å². The summed E-state index contributed by atoms with van der Waals surface area (Å²) in [7, 11) is -9.40. The molecule has 18 heteroatoms. The number of aliphatic hydroxyl groups is 2. The minimum Gasteiger partial charge on any atom is -0.756 e. The van der Waals surface area contributed by atoms with Gasteiger partial charge in [-0.15, -0.1) is 0 Å². The molecule has 2 aliphatic rings. The Kier molecular flexibility index (Phi) is 23.7. The SMILES string of the molecule is C[C@H]1C[C@@H](O)[C@@H](COP(=O)([O-])O[C@@H]2C[C@H](C)O[C@@H]2COP(=O)([O-])OCCCC[NH2+]CCC[NH2+]CCCC[NH2+]CCC[NH2+]CCCCO)O1. The first-order valence-electron chi connectivity index (χ1n) is 18.1. The first kappa shape index (κ1) is 44.1. The average molecular weight is 737 g/mol. The highest BCUT2D eigenvalue weighted by Crippen LogP contribution is 2.45. The molecular weight excluding hydrogens is 670 g/mol. The molecule has 16 nitrogen and oxygen atoms in total. The highest BCUT2D eigenvalue weighted by atomic mass is 31.2. The number of nitrogens with two attached hydrogens (primary N) is 4. The fourth-order valence-electron chi connectivity index (χ4n) is 5.76. The number of phosphoric ester groups is 2. The highest BCUT2D eigenvalue weighted by Gasteiger charge is 2.38. The van der Waals surface area contributed by atoms with Crippen molar-refractivity contribution < 1.29 is 78.0 Å². The molecular formula is C30H66N4O12P2+2. The van der Waals surface area contributed by atoms with Crippen molar-refractivity contribution in [2.24, 2.45) is 0 Å². The second kappa shape index (κ2) is 25.8. The third-order valence-corrected chi connectivity index (χ3v) is 10.4. The zero-order valence-corrected chi connectivity index (χ0v) is 31.0. The molecule has 286 valence electrons. The zero-order valence-electron chi connectivity index (χ0n) is 29.2. The van der Waals surface area contributed by atoms with Crippen molar-refractivity contribution in [2.45, 2.75) is 115 Å². The lowest BCUT2D eigenvalue weighted by Gasteiger charge is -2.30. The van der Waals surface area contributed by atoms with E-state index in [1.807, 2.05) is 0 Å². The van der Waals surface area contributed by atoms with Crippen LogP contribution in [0.25, 0.3) is 0 Å². The van der Waals surface area contributed by atoms with E-state index >= 15 is 0 Å². The van der Waals surface area contributed by atoms with E-state index in [4.69, 9.17) is 32.7 Å². The summed E-state index contributed by atoms with van der Waals surface area (Å²) in [6.45, 7) is 11.8. The summed E-state index contributed by atoms with van der Waals surface area (Å²) in [6, 6.07) is 0. The summed E-state index contributed by atoms with van der Waals surface area (Å²) >= 11 is 0. The van der Waals surface area contributed by atoms with Crippen LogP contribution in [-0.2, 0) is 36.7 Å². The van der Waals surface area contributed by atoms with E-state index in [0.29, 0.717) is 19.4 Å². The third-order valence-electron chi connectivity index (χ3n) is 8.42. The van der Waals surface area contributed by atoms with Crippen molar-refractivity contribution in [1.29, 1.82) is 0 Å². The molecule has 2 unspecified atom stereocenters. The van der Waals surface area contributed by atoms with E-state index in [1.54, 1.807) is 13.8 Å². The van der Waals surface area contributed by atoms with Gasteiger partial charge in [-0.3, -0.25) is 9.13 Å². The topological polar surface area (TPSA) is 243 Å². The monoisotopic (exact) mass is 736 g/mol. The van der Waals surface area contributed by atoms with E-state index in [9.17, 15) is 24.0 Å². The van der Waals surface area contributed by atoms with Crippen LogP contribution in [0.3, 0.4) is 0 Å². The van der Waals surface area contributed by atoms with E-state index < -0.39 is 46.7 Å². The van der Waals surface area contributed by atoms with E-state index in [-0.39, 0.29) is 31.8 Å². The van der Waals surface area contributed by atoms with Crippen LogP contribution in [0.15, 0.2) is 0 Å². The Hall–Kier alpha value is -0.100. The van der Waals surface area contributed by atoms with Crippen LogP contribution < -0.4 is 31.1 Å². The molecule has 0 amide bonds. The van der Waals surface area contributed by atoms with Crippen LogP contribution in [0.1, 0.15) is 78.1 Å². The smallest absolute Gasteiger partial charge is 0.268 e. The lowest BCUT2D eigenvalue weighted by Crippen LogP contribution is -2.89. The second-order valence-electron chi connectivity index (χ2n) is 13.0. The number of quaternary nitrogens is 4. The zero-order chi connectivity index (χ0) is 35.1. The molecule has 0 aromatic rings. The van der Waals surface area contributed by atoms with Crippen molar-refractivity contribution in [3.63, 3.8) is 0 Å². The quantitative estimate of drug-likeness (QED) is 0.0299. The van der Waals surface area contributed by atoms with Crippen molar-refractivity contribution in [3.05, 3.63) is 0 Å². The Labute approximate surface area is 286 Å². The number of hydrogen-bond acceptors (Lipinski definition) is 12. The number of phosphoric acid groups is 2. The van der Waals surface area contributed by atoms with Crippen LogP contribution in [0.4, 0.5) is 0 Å². The molecule has 2 rings (SSSR count). The third kappa shape index (κ3) is 21.3. The molecule has 8 atom stereocenters. The van der Waals surface area contributed by atoms with Gasteiger partial charge >= 0.3 is 0 Å². The Morgan fingerprint density at radius 2 is 1.10 bits per heavy atom. The molecule has 0 radical (unpaired) electrons. The number of aliphatic hydroxyl groups excluding tert-OH is 2. The summed E-state index contributed by atoms with van der Waals surface area (Å²) < 4.78 is 55.8. The Morgan fingerprint density at radius 3 is 1.65 bits per heavy atom. The summed E-state index contributed by atoms with van der Waals surface area (Å²) in [4.78, 5) is 24.7. The minimum atomic E-state index is -4.79. The Balaban J connectivity index is 1.41. The predicted octanol–water partition coefficient (Wildman–Crippen LogP) is -3.56. The fourth-order valence-corrected chi connectivity index (χ4v) is 7.46. The normalized spacial score (nSPS) is 27.0. The maximum atomic E-state index is 12.4. The second-order valence-corrected chi connectivity index (χ2v) is 15.8. The largest absolute Gasteiger partial charge is 0.756 e. The standard InChI is InChI=1S/C30H64N4O12P2/c1-25-21-27(36)29(44-25)23-43-48(39,40)46-28-22-26(2)45-30(28)24-42-47(37,38)41-20-8-6-14-34-18-10-16-32-12-4-3-11-31-15-9-17-33-13-5-7-19-35/h25-36H,3-24H2,1-2H3,(H,37,38)(H,39,40)/p+2/t25-,26-,27+,28+,29+,30+/m0/s1. The number of unbranched alkanes of at least 4 members (excludes halogenated alkanes) is 3. The van der Waals surface area contributed by atoms with Crippen LogP contribution in [0, 0.1) is 0 Å². The molecule has 48 heavy (non-hydrogen) atoms. The van der Waals surface area contributed by atoms with Gasteiger partial charge in [0.05, 0.1) is 96.6 Å². The molecule has 2 fully saturated rings. The van der Waals surface area contributed by atoms with Gasteiger partial charge in [0.25, 0.3) is 15.6 Å². The number of ether oxygens (including phenoxy) is 2. The van der Waals surface area contributed by atoms with Crippen molar-refractivity contribution in [2.75, 3.05) is 78.8 Å². The van der Waals surface area contributed by atoms with Crippen molar-refractivity contribution in [1.82, 2.24) is 0 Å². The molecule has 0 spiro atoms. The van der Waals surface area contributed by atoms with Gasteiger partial charge in [-0.05, 0) is 39.5 Å². The molecule has 0 bridgehead atoms. The van der Waals surface area contributed by atoms with Gasteiger partial charge in [-0.1, -0.05) is 0 Å². The predicted molar refractivity (Wildman–Crippen MR) is 173 cm³/mol. The van der Waals surface area contributed by atoms with Gasteiger partial charge in [-0.25, -0.2) is 0 Å². The van der Waals surface area contributed by atoms with Gasteiger partial charge in [0.1, 0.15) is 12.2 Å². The van der Waals surface area contributed by atoms with Crippen molar-refractivity contribution >= 4 is 15.6 Å². The molecule has 10 N–H and O–H groups in total. The Bertz CT molecular complexity index is 914. The molecule has 0 aromatic carbocycles. The maximum Gasteiger partial charge on any atom is 0.268 e. The summed E-state index contributed by atoms with van der Waals surface area (Å²) in [6.07, 6.45) is 4.67. The lowest BCUT2D eigenvalue weighted by atomic mass is 10.1. The lowest BCUT2D eigenvalue weighted by molar-refractivity contribution is -0.686. The minimum absolute atomic E-state index is 0.00283. The van der Waals surface area contributed by atoms with E-state index in [1.165, 1.54) is 38.9 Å². The van der Waals surface area contributed by atoms with Gasteiger partial charge in [0.15, 0.2) is 0 Å². The van der Waals surface area contributed by atoms with Gasteiger partial charge in [-0.2, -0.15) is 0 Å². The van der Waals surface area contributed by atoms with Gasteiger partial charge in [0.2, 0.25) is 0 Å². The van der Waals surface area contributed by atoms with Crippen LogP contribution in [-0.4, -0.2) is 126 Å². The van der Waals surface area contributed by atoms with Gasteiger partial charge < -0.3 is 68.8 Å². The van der Waals surface area contributed by atoms with Crippen LogP contribution in [0.2, 0.25) is 0 Å². The highest BCUT2D eigenvalue weighted by molar-refractivity contribution is 7.46. The molecule has 0 aliphatic carbocycles. The molecule has 2 aliphatic heterocycles. The average Bonchev–Trinajstić information content (AvgIpc) is 3.55. The van der Waals surface area contributed by atoms with Crippen LogP contribution >= 0.6 is 15.6 Å². The van der Waals surface area contributed by atoms with Crippen molar-refractivity contribution in [3.8, 4) is 0 Å². The maximum absolute atomic E-state index is 12.4. The van der Waals surface area contributed by atoms with E-state index in [2.05, 4.69) is 21.3 Å². The summed E-state index contributed by atoms with van der Waals surface area (Å²) in [5.74, 6) is 0. The number of rotatable bonds is 31. The van der Waals surface area contributed by atoms with Gasteiger partial charge in [0, 0.05) is 45.1 Å². The Morgan fingerprint density at radius 1 is 0.646 bits per heavy atom. The molecule has 2 heterocycles. The summed E-state index contributed by atoms with van der Waals surface area (Å²) in [5, 5.41) is 28.1. The van der Waals surface area contributed by atoms with E-state index in [0.717, 1.165) is 58.4 Å². The summed E-state index contributed by atoms with van der Waals surface area (Å²) in [5.41, 5.74) is 0. The molecule has 0 saturated carbocycles. The first-order valence-corrected chi connectivity index (χ1v) is 21.0. The molecule has 2 saturated heterocycles. The number of hydrogen-bond donors (Lipinski definition) is 6. The fraction of sp³-hybridized carbons (Fsp3) is 1.00. The molecule has 0 aromatic heterocycles.